The molecule has 0 spiro atoms. The van der Waals surface area contributed by atoms with Gasteiger partial charge in [0.05, 0.1) is 6.61 Å². The van der Waals surface area contributed by atoms with Gasteiger partial charge in [-0.15, -0.1) is 0 Å². The Hall–Kier alpha value is -2.56. The molecule has 5 nitrogen and oxygen atoms in total. The molecule has 1 aromatic carbocycles. The Bertz CT molecular complexity index is 670. The minimum Gasteiger partial charge on any atom is -0.493 e. The Kier molecular flexibility index (Phi) is 3.73. The second kappa shape index (κ2) is 5.83. The molecule has 1 aliphatic rings. The summed E-state index contributed by atoms with van der Waals surface area (Å²) < 4.78 is 11.4. The number of nitrogens with one attached hydrogen (secondary N) is 1. The summed E-state index contributed by atoms with van der Waals surface area (Å²) in [7, 11) is 0. The third-order valence-corrected chi connectivity index (χ3v) is 3.15. The summed E-state index contributed by atoms with van der Waals surface area (Å²) in [6, 6.07) is 9.24. The molecule has 0 saturated carbocycles. The maximum atomic E-state index is 11.0. The Morgan fingerprint density at radius 1 is 1.29 bits per heavy atom. The van der Waals surface area contributed by atoms with E-state index in [1.807, 2.05) is 18.2 Å². The van der Waals surface area contributed by atoms with Crippen molar-refractivity contribution in [3.8, 4) is 17.2 Å². The highest BCUT2D eigenvalue weighted by atomic mass is 16.5. The number of amides is 1. The van der Waals surface area contributed by atoms with E-state index in [9.17, 15) is 4.79 Å². The number of ether oxygens (including phenoxy) is 2. The average molecular weight is 284 g/mol. The van der Waals surface area contributed by atoms with Gasteiger partial charge >= 0.3 is 0 Å². The van der Waals surface area contributed by atoms with Crippen LogP contribution in [0, 0.1) is 0 Å². The molecule has 108 valence electrons. The number of carbonyl (C=O) groups excluding carboxylic acids is 1. The van der Waals surface area contributed by atoms with E-state index in [1.165, 1.54) is 6.92 Å². The third kappa shape index (κ3) is 3.31. The second-order valence-electron chi connectivity index (χ2n) is 4.88. The zero-order chi connectivity index (χ0) is 14.7. The molecule has 1 aromatic heterocycles. The number of nitrogens with zero attached hydrogens (tertiary/aromatic N) is 1. The zero-order valence-electron chi connectivity index (χ0n) is 11.8. The summed E-state index contributed by atoms with van der Waals surface area (Å²) in [5.41, 5.74) is 1.16. The molecule has 5 heteroatoms. The van der Waals surface area contributed by atoms with Crippen LogP contribution in [0.25, 0.3) is 0 Å². The van der Waals surface area contributed by atoms with Gasteiger partial charge < -0.3 is 14.8 Å². The highest BCUT2D eigenvalue weighted by Crippen LogP contribution is 2.31. The van der Waals surface area contributed by atoms with E-state index >= 15 is 0 Å². The number of pyridine rings is 1. The number of aromatic nitrogens is 1. The van der Waals surface area contributed by atoms with Gasteiger partial charge in [-0.3, -0.25) is 4.79 Å². The molecule has 0 bridgehead atoms. The first kappa shape index (κ1) is 13.4. The number of fused-ring (bicyclic) bond motifs is 1. The van der Waals surface area contributed by atoms with Crippen molar-refractivity contribution >= 4 is 11.7 Å². The van der Waals surface area contributed by atoms with Crippen LogP contribution in [-0.4, -0.2) is 17.5 Å². The predicted molar refractivity (Wildman–Crippen MR) is 78.9 cm³/mol. The number of carbonyl (C=O) groups is 1. The van der Waals surface area contributed by atoms with Crippen LogP contribution in [0.1, 0.15) is 18.9 Å². The topological polar surface area (TPSA) is 60.5 Å². The standard InChI is InChI=1S/C16H16N2O3/c1-11(19)18-16-10-14(6-7-17-16)21-13-4-5-15-12(9-13)3-2-8-20-15/h4-7,9-10H,2-3,8H2,1H3,(H,17,18,19). The highest BCUT2D eigenvalue weighted by molar-refractivity contribution is 5.87. The minimum absolute atomic E-state index is 0.162. The molecular formula is C16H16N2O3. The molecule has 0 radical (unpaired) electrons. The van der Waals surface area contributed by atoms with Gasteiger partial charge in [0, 0.05) is 19.2 Å². The molecule has 21 heavy (non-hydrogen) atoms. The van der Waals surface area contributed by atoms with Gasteiger partial charge in [-0.2, -0.15) is 0 Å². The van der Waals surface area contributed by atoms with Crippen molar-refractivity contribution in [2.45, 2.75) is 19.8 Å². The summed E-state index contributed by atoms with van der Waals surface area (Å²) in [6.07, 6.45) is 3.63. The van der Waals surface area contributed by atoms with Crippen LogP contribution in [0.15, 0.2) is 36.5 Å². The first-order valence-corrected chi connectivity index (χ1v) is 6.88. The lowest BCUT2D eigenvalue weighted by molar-refractivity contribution is -0.114. The van der Waals surface area contributed by atoms with Crippen molar-refractivity contribution in [2.24, 2.45) is 0 Å². The Labute approximate surface area is 122 Å². The number of anilines is 1. The van der Waals surface area contributed by atoms with Gasteiger partial charge in [0.15, 0.2) is 0 Å². The summed E-state index contributed by atoms with van der Waals surface area (Å²) in [4.78, 5) is 15.1. The SMILES string of the molecule is CC(=O)Nc1cc(Oc2ccc3c(c2)CCCO3)ccn1. The molecule has 0 unspecified atom stereocenters. The van der Waals surface area contributed by atoms with Crippen LogP contribution in [0.2, 0.25) is 0 Å². The lowest BCUT2D eigenvalue weighted by atomic mass is 10.1. The van der Waals surface area contributed by atoms with Gasteiger partial charge in [-0.1, -0.05) is 0 Å². The summed E-state index contributed by atoms with van der Waals surface area (Å²) >= 11 is 0. The number of rotatable bonds is 3. The van der Waals surface area contributed by atoms with Crippen LogP contribution < -0.4 is 14.8 Å². The fraction of sp³-hybridized carbons (Fsp3) is 0.250. The smallest absolute Gasteiger partial charge is 0.222 e. The number of hydrogen-bond donors (Lipinski definition) is 1. The Morgan fingerprint density at radius 3 is 3.00 bits per heavy atom. The molecule has 0 fully saturated rings. The molecule has 3 rings (SSSR count). The van der Waals surface area contributed by atoms with Crippen LogP contribution in [-0.2, 0) is 11.2 Å². The van der Waals surface area contributed by atoms with Gasteiger partial charge in [-0.25, -0.2) is 4.98 Å². The predicted octanol–water partition coefficient (Wildman–Crippen LogP) is 3.16. The third-order valence-electron chi connectivity index (χ3n) is 3.15. The molecule has 1 N–H and O–H groups in total. The lowest BCUT2D eigenvalue weighted by Crippen LogP contribution is -2.08. The molecule has 2 aromatic rings. The summed E-state index contributed by atoms with van der Waals surface area (Å²) in [6.45, 7) is 2.22. The van der Waals surface area contributed by atoms with Crippen molar-refractivity contribution in [2.75, 3.05) is 11.9 Å². The van der Waals surface area contributed by atoms with Crippen LogP contribution >= 0.6 is 0 Å². The van der Waals surface area contributed by atoms with E-state index in [-0.39, 0.29) is 5.91 Å². The molecule has 1 amide bonds. The highest BCUT2D eigenvalue weighted by Gasteiger charge is 2.11. The number of aryl methyl sites for hydroxylation is 1. The van der Waals surface area contributed by atoms with Crippen molar-refractivity contribution < 1.29 is 14.3 Å². The van der Waals surface area contributed by atoms with Crippen molar-refractivity contribution in [1.82, 2.24) is 4.98 Å². The van der Waals surface area contributed by atoms with E-state index in [2.05, 4.69) is 10.3 Å². The molecule has 0 saturated heterocycles. The Balaban J connectivity index is 1.78. The zero-order valence-corrected chi connectivity index (χ0v) is 11.8. The maximum absolute atomic E-state index is 11.0. The van der Waals surface area contributed by atoms with E-state index in [1.54, 1.807) is 18.3 Å². The van der Waals surface area contributed by atoms with Gasteiger partial charge in [0.25, 0.3) is 0 Å². The molecule has 1 aliphatic heterocycles. The molecule has 2 heterocycles. The fourth-order valence-corrected chi connectivity index (χ4v) is 2.26. The Morgan fingerprint density at radius 2 is 2.14 bits per heavy atom. The van der Waals surface area contributed by atoms with Crippen LogP contribution in [0.3, 0.4) is 0 Å². The average Bonchev–Trinajstić information content (AvgIpc) is 2.47. The number of hydrogen-bond acceptors (Lipinski definition) is 4. The normalized spacial score (nSPS) is 13.0. The van der Waals surface area contributed by atoms with E-state index in [0.717, 1.165) is 36.5 Å². The fourth-order valence-electron chi connectivity index (χ4n) is 2.26. The quantitative estimate of drug-likeness (QED) is 0.940. The van der Waals surface area contributed by atoms with E-state index < -0.39 is 0 Å². The molecular weight excluding hydrogens is 268 g/mol. The van der Waals surface area contributed by atoms with E-state index in [4.69, 9.17) is 9.47 Å². The van der Waals surface area contributed by atoms with Crippen LogP contribution in [0.5, 0.6) is 17.2 Å². The number of benzene rings is 1. The summed E-state index contributed by atoms with van der Waals surface area (Å²) in [5, 5.41) is 2.63. The van der Waals surface area contributed by atoms with Gasteiger partial charge in [0.1, 0.15) is 23.1 Å². The maximum Gasteiger partial charge on any atom is 0.222 e. The lowest BCUT2D eigenvalue weighted by Gasteiger charge is -2.18. The first-order chi connectivity index (χ1) is 10.2. The van der Waals surface area contributed by atoms with Crippen LogP contribution in [0.4, 0.5) is 5.82 Å². The van der Waals surface area contributed by atoms with Gasteiger partial charge in [-0.05, 0) is 42.7 Å². The molecule has 0 atom stereocenters. The van der Waals surface area contributed by atoms with Crippen molar-refractivity contribution in [3.05, 3.63) is 42.1 Å². The summed E-state index contributed by atoms with van der Waals surface area (Å²) in [5.74, 6) is 2.62. The van der Waals surface area contributed by atoms with Gasteiger partial charge in [0.2, 0.25) is 5.91 Å². The monoisotopic (exact) mass is 284 g/mol. The van der Waals surface area contributed by atoms with Crippen molar-refractivity contribution in [1.29, 1.82) is 0 Å². The van der Waals surface area contributed by atoms with Crippen molar-refractivity contribution in [3.63, 3.8) is 0 Å². The minimum atomic E-state index is -0.162. The first-order valence-electron chi connectivity index (χ1n) is 6.88. The second-order valence-corrected chi connectivity index (χ2v) is 4.88. The molecule has 0 aliphatic carbocycles. The van der Waals surface area contributed by atoms with E-state index in [0.29, 0.717) is 11.6 Å². The largest absolute Gasteiger partial charge is 0.493 e.